The van der Waals surface area contributed by atoms with E-state index in [9.17, 15) is 42.3 Å². The second-order valence-corrected chi connectivity index (χ2v) is 17.7. The van der Waals surface area contributed by atoms with Crippen LogP contribution in [0.2, 0.25) is 0 Å². The number of fused-ring (bicyclic) bond motifs is 1. The Hall–Kier alpha value is -5.82. The van der Waals surface area contributed by atoms with Gasteiger partial charge in [-0.3, -0.25) is 28.8 Å². The summed E-state index contributed by atoms with van der Waals surface area (Å²) < 4.78 is 45.2. The number of nitrogens with one attached hydrogen (secondary N) is 7. The van der Waals surface area contributed by atoms with Crippen LogP contribution >= 0.6 is 24.1 Å². The van der Waals surface area contributed by atoms with E-state index in [1.165, 1.54) is 39.1 Å². The maximum Gasteiger partial charge on any atom is 0.323 e. The second kappa shape index (κ2) is 26.5. The number of pyridine rings is 1. The number of aromatic amines is 1. The summed E-state index contributed by atoms with van der Waals surface area (Å²) in [6.07, 6.45) is 4.88. The van der Waals surface area contributed by atoms with Crippen LogP contribution in [0.4, 0.5) is 5.95 Å². The Morgan fingerprint density at radius 2 is 1.61 bits per heavy atom. The third-order valence-corrected chi connectivity index (χ3v) is 12.8. The summed E-state index contributed by atoms with van der Waals surface area (Å²) in [6.45, 7) is 4.33. The van der Waals surface area contributed by atoms with E-state index in [1.807, 2.05) is 0 Å². The van der Waals surface area contributed by atoms with Crippen molar-refractivity contribution >= 4 is 80.6 Å². The zero-order valence-electron chi connectivity index (χ0n) is 36.5. The highest BCUT2D eigenvalue weighted by Crippen LogP contribution is 2.26. The Morgan fingerprint density at radius 1 is 0.925 bits per heavy atom. The largest absolute Gasteiger partial charge is 0.494 e. The van der Waals surface area contributed by atoms with Crippen LogP contribution in [0.5, 0.6) is 5.75 Å². The predicted molar refractivity (Wildman–Crippen MR) is 241 cm³/mol. The molecule has 4 amide bonds. The number of carbonyl (C=O) groups is 5. The molecule has 0 fully saturated rings. The van der Waals surface area contributed by atoms with Gasteiger partial charge in [-0.25, -0.2) is 23.9 Å². The predicted octanol–water partition coefficient (Wildman–Crippen LogP) is 1.30. The number of hydrogen-bond acceptors (Lipinski definition) is 19. The first kappa shape index (κ1) is 53.8. The first-order valence-electron chi connectivity index (χ1n) is 20.1. The maximum atomic E-state index is 13.6. The highest BCUT2D eigenvalue weighted by molar-refractivity contribution is 7.94. The van der Waals surface area contributed by atoms with Crippen molar-refractivity contribution in [3.63, 3.8) is 0 Å². The van der Waals surface area contributed by atoms with Gasteiger partial charge in [0, 0.05) is 99.4 Å². The minimum atomic E-state index is -4.49. The van der Waals surface area contributed by atoms with Gasteiger partial charge >= 0.3 is 5.97 Å². The van der Waals surface area contributed by atoms with Gasteiger partial charge in [0.1, 0.15) is 23.4 Å². The third-order valence-electron chi connectivity index (χ3n) is 9.58. The topological polar surface area (TPSA) is 349 Å². The Bertz CT molecular complexity index is 2490. The summed E-state index contributed by atoms with van der Waals surface area (Å²) in [4.78, 5) is 83.3. The third kappa shape index (κ3) is 16.5. The molecule has 0 bridgehead atoms. The van der Waals surface area contributed by atoms with Crippen LogP contribution in [0.3, 0.4) is 0 Å². The molecule has 0 saturated heterocycles. The number of ether oxygens (including phenoxy) is 1. The quantitative estimate of drug-likeness (QED) is 0.0159. The molecule has 0 aliphatic carbocycles. The lowest BCUT2D eigenvalue weighted by molar-refractivity contribution is -0.432. The summed E-state index contributed by atoms with van der Waals surface area (Å²) >= 11 is 1.20. The zero-order chi connectivity index (χ0) is 49.1. The molecule has 0 aliphatic heterocycles. The molecule has 366 valence electrons. The molecule has 25 nitrogen and oxygen atoms in total. The monoisotopic (exact) mass is 997 g/mol. The number of carbonyl (C=O) groups excluding carboxylic acids is 4. The van der Waals surface area contributed by atoms with Crippen molar-refractivity contribution in [3.8, 4) is 5.75 Å². The summed E-state index contributed by atoms with van der Waals surface area (Å²) in [5, 5.41) is 47.0. The van der Waals surface area contributed by atoms with Crippen molar-refractivity contribution in [3.05, 3.63) is 81.4 Å². The van der Waals surface area contributed by atoms with Gasteiger partial charge in [-0.1, -0.05) is 23.1 Å². The molecule has 0 saturated carbocycles. The molecule has 0 unspecified atom stereocenters. The number of carboxylic acid groups (broad SMARTS) is 1. The summed E-state index contributed by atoms with van der Waals surface area (Å²) in [5.74, 6) is -3.89. The fourth-order valence-electron chi connectivity index (χ4n) is 6.34. The van der Waals surface area contributed by atoms with E-state index in [0.717, 1.165) is 5.56 Å². The molecule has 4 aromatic rings. The highest BCUT2D eigenvalue weighted by atomic mass is 32.2. The average Bonchev–Trinajstić information content (AvgIpc) is 3.81. The Labute approximate surface area is 391 Å². The molecule has 2 heterocycles. The SMILES string of the molecule is Cc1cc(OCCCC(=O)NCCNC(=O)[C@H](CSOOO)NC(=O)[C@@H](C)CSOOO)cc(C)c1S(=O)(=O)N[C@@H](CNC(=O)c1cn(C)c2cc(CNc3ncc[nH]3)ccc2c1=O)C(=O)O. The maximum absolute atomic E-state index is 13.6. The van der Waals surface area contributed by atoms with E-state index in [-0.39, 0.29) is 82.7 Å². The number of benzene rings is 2. The Balaban J connectivity index is 1.24. The molecule has 0 spiro atoms. The number of aromatic nitrogens is 3. The van der Waals surface area contributed by atoms with E-state index < -0.39 is 63.7 Å². The number of aryl methyl sites for hydroxylation is 3. The molecule has 0 aliphatic rings. The van der Waals surface area contributed by atoms with Gasteiger partial charge in [0.15, 0.2) is 5.95 Å². The summed E-state index contributed by atoms with van der Waals surface area (Å²) in [5.41, 5.74) is 0.955. The zero-order valence-corrected chi connectivity index (χ0v) is 38.9. The Morgan fingerprint density at radius 3 is 2.27 bits per heavy atom. The van der Waals surface area contributed by atoms with Crippen molar-refractivity contribution in [2.75, 3.05) is 43.1 Å². The lowest BCUT2D eigenvalue weighted by Crippen LogP contribution is -2.51. The van der Waals surface area contributed by atoms with Crippen LogP contribution in [0.25, 0.3) is 10.9 Å². The average molecular weight is 998 g/mol. The summed E-state index contributed by atoms with van der Waals surface area (Å²) in [7, 11) is -2.84. The molecule has 0 radical (unpaired) electrons. The fraction of sp³-hybridized carbons (Fsp3) is 0.410. The van der Waals surface area contributed by atoms with Crippen molar-refractivity contribution in [2.45, 2.75) is 57.1 Å². The van der Waals surface area contributed by atoms with E-state index in [4.69, 9.17) is 15.3 Å². The number of anilines is 1. The van der Waals surface area contributed by atoms with E-state index in [1.54, 1.807) is 42.2 Å². The summed E-state index contributed by atoms with van der Waals surface area (Å²) in [6, 6.07) is 5.02. The number of hydrogen-bond donors (Lipinski definition) is 10. The smallest absolute Gasteiger partial charge is 0.323 e. The molecule has 4 rings (SSSR count). The van der Waals surface area contributed by atoms with Crippen LogP contribution < -0.4 is 41.5 Å². The number of amides is 4. The highest BCUT2D eigenvalue weighted by Gasteiger charge is 2.30. The minimum Gasteiger partial charge on any atom is -0.494 e. The number of imidazole rings is 1. The standard InChI is InChI=1S/C39H51N9O16S3/c1-22-14-26(60-13-5-6-32(49)40-9-10-41-37(53)30(21-66-64-62-57)46-35(51)24(3)20-65-63-61-56)15-23(2)34(22)67(58,59)47-29(38(54)55)18-44-36(52)28-19-48(4)31-16-25(7-8-27(31)33(28)50)17-45-39-42-11-12-43-39/h7-8,11-12,14-16,19,24,29-30,47,56-57H,5-6,9-10,13,17-18,20-21H2,1-4H3,(H,40,49)(H,41,53)(H,44,52)(H,46,51)(H,54,55)(H2,42,43,45)/t24-,29-,30-/m0/s1. The first-order chi connectivity index (χ1) is 31.9. The van der Waals surface area contributed by atoms with Gasteiger partial charge in [0.05, 0.1) is 22.8 Å². The van der Waals surface area contributed by atoms with E-state index in [0.29, 0.717) is 42.1 Å². The van der Waals surface area contributed by atoms with Gasteiger partial charge in [-0.05, 0) is 61.2 Å². The van der Waals surface area contributed by atoms with Crippen LogP contribution in [-0.4, -0.2) is 118 Å². The lowest BCUT2D eigenvalue weighted by Gasteiger charge is -2.19. The molecule has 67 heavy (non-hydrogen) atoms. The van der Waals surface area contributed by atoms with Crippen molar-refractivity contribution in [1.29, 1.82) is 0 Å². The number of sulfonamides is 1. The minimum absolute atomic E-state index is 0.00589. The molecular weight excluding hydrogens is 947 g/mol. The Kier molecular flexibility index (Phi) is 21.3. The number of carboxylic acids is 1. The number of aliphatic carboxylic acids is 1. The van der Waals surface area contributed by atoms with Crippen LogP contribution in [0.1, 0.15) is 46.8 Å². The molecule has 2 aromatic heterocycles. The van der Waals surface area contributed by atoms with Crippen molar-refractivity contribution in [2.24, 2.45) is 13.0 Å². The second-order valence-electron chi connectivity index (χ2n) is 14.6. The van der Waals surface area contributed by atoms with Gasteiger partial charge in [-0.2, -0.15) is 4.72 Å². The van der Waals surface area contributed by atoms with Gasteiger partial charge in [-0.15, -0.1) is 8.67 Å². The van der Waals surface area contributed by atoms with Gasteiger partial charge < -0.3 is 46.0 Å². The molecule has 2 aromatic carbocycles. The van der Waals surface area contributed by atoms with Gasteiger partial charge in [0.25, 0.3) is 5.91 Å². The molecule has 28 heteroatoms. The van der Waals surface area contributed by atoms with Crippen molar-refractivity contribution < 1.29 is 71.5 Å². The normalized spacial score (nSPS) is 12.7. The number of H-pyrrole nitrogens is 1. The first-order valence-corrected chi connectivity index (χ1v) is 23.4. The molecule has 10 N–H and O–H groups in total. The molecular formula is C39H51N9O16S3. The van der Waals surface area contributed by atoms with Gasteiger partial charge in [0.2, 0.25) is 33.2 Å². The van der Waals surface area contributed by atoms with Crippen LogP contribution in [0, 0.1) is 19.8 Å². The van der Waals surface area contributed by atoms with E-state index >= 15 is 0 Å². The van der Waals surface area contributed by atoms with E-state index in [2.05, 4.69) is 60.0 Å². The molecule has 3 atom stereocenters. The number of rotatable bonds is 29. The lowest BCUT2D eigenvalue weighted by atomic mass is 10.1. The van der Waals surface area contributed by atoms with Crippen LogP contribution in [-0.2, 0) is 61.5 Å². The van der Waals surface area contributed by atoms with Crippen molar-refractivity contribution in [1.82, 2.24) is 40.5 Å². The van der Waals surface area contributed by atoms with Crippen LogP contribution in [0.15, 0.2) is 58.6 Å². The number of nitrogens with zero attached hydrogens (tertiary/aromatic N) is 2. The fourth-order valence-corrected chi connectivity index (χ4v) is 8.91.